The molecular formula is C27H37N3O6. The quantitative estimate of drug-likeness (QED) is 0.480. The summed E-state index contributed by atoms with van der Waals surface area (Å²) in [4.78, 5) is 42.5. The molecule has 1 aliphatic carbocycles. The number of benzene rings is 1. The van der Waals surface area contributed by atoms with Gasteiger partial charge in [-0.2, -0.15) is 0 Å². The van der Waals surface area contributed by atoms with E-state index in [2.05, 4.69) is 10.6 Å². The molecule has 1 spiro atoms. The van der Waals surface area contributed by atoms with Crippen molar-refractivity contribution in [3.8, 4) is 5.75 Å². The summed E-state index contributed by atoms with van der Waals surface area (Å²) < 4.78 is 11.9. The number of rotatable bonds is 9. The Bertz CT molecular complexity index is 978. The van der Waals surface area contributed by atoms with E-state index in [1.807, 2.05) is 6.92 Å². The zero-order valence-corrected chi connectivity index (χ0v) is 20.9. The van der Waals surface area contributed by atoms with Crippen molar-refractivity contribution in [2.75, 3.05) is 25.1 Å². The maximum atomic E-state index is 13.8. The van der Waals surface area contributed by atoms with Crippen LogP contribution in [0.4, 0.5) is 5.69 Å². The molecule has 3 amide bonds. The molecule has 9 heteroatoms. The fraction of sp³-hybridized carbons (Fsp3) is 0.667. The van der Waals surface area contributed by atoms with Gasteiger partial charge >= 0.3 is 0 Å². The van der Waals surface area contributed by atoms with Gasteiger partial charge in [-0.1, -0.05) is 19.3 Å². The Morgan fingerprint density at radius 1 is 1.14 bits per heavy atom. The molecule has 4 fully saturated rings. The number of carbonyl (C=O) groups excluding carboxylic acids is 3. The van der Waals surface area contributed by atoms with Crippen LogP contribution in [0, 0.1) is 11.8 Å². The number of aliphatic hydroxyl groups is 1. The molecule has 1 saturated carbocycles. The number of nitrogens with one attached hydrogen (secondary N) is 2. The van der Waals surface area contributed by atoms with E-state index in [0.29, 0.717) is 31.6 Å². The van der Waals surface area contributed by atoms with Crippen LogP contribution in [-0.2, 0) is 19.1 Å². The van der Waals surface area contributed by atoms with Gasteiger partial charge in [0, 0.05) is 24.9 Å². The van der Waals surface area contributed by atoms with Crippen LogP contribution in [-0.4, -0.2) is 71.3 Å². The zero-order valence-electron chi connectivity index (χ0n) is 20.9. The molecule has 36 heavy (non-hydrogen) atoms. The largest absolute Gasteiger partial charge is 0.494 e. The van der Waals surface area contributed by atoms with Gasteiger partial charge < -0.3 is 30.1 Å². The first-order chi connectivity index (χ1) is 17.5. The molecule has 2 bridgehead atoms. The molecule has 0 aromatic heterocycles. The fourth-order valence-corrected chi connectivity index (χ4v) is 6.79. The van der Waals surface area contributed by atoms with Crippen LogP contribution in [0.2, 0.25) is 0 Å². The molecule has 1 aromatic carbocycles. The van der Waals surface area contributed by atoms with Crippen molar-refractivity contribution in [2.24, 2.45) is 11.8 Å². The molecule has 1 aromatic rings. The second-order valence-corrected chi connectivity index (χ2v) is 10.5. The Balaban J connectivity index is 1.37. The molecule has 5 atom stereocenters. The van der Waals surface area contributed by atoms with Crippen molar-refractivity contribution < 1.29 is 29.0 Å². The van der Waals surface area contributed by atoms with Gasteiger partial charge in [0.25, 0.3) is 0 Å². The first-order valence-corrected chi connectivity index (χ1v) is 13.4. The van der Waals surface area contributed by atoms with Crippen LogP contribution in [0.25, 0.3) is 0 Å². The fourth-order valence-electron chi connectivity index (χ4n) is 6.79. The summed E-state index contributed by atoms with van der Waals surface area (Å²) >= 11 is 0. The number of fused-ring (bicyclic) bond motifs is 1. The molecular weight excluding hydrogens is 462 g/mol. The third kappa shape index (κ3) is 4.36. The Labute approximate surface area is 211 Å². The van der Waals surface area contributed by atoms with Crippen molar-refractivity contribution in [2.45, 2.75) is 82.1 Å². The number of ether oxygens (including phenoxy) is 2. The number of nitrogens with zero attached hydrogens (tertiary/aromatic N) is 1. The van der Waals surface area contributed by atoms with Crippen LogP contribution >= 0.6 is 0 Å². The van der Waals surface area contributed by atoms with Crippen LogP contribution in [0.3, 0.4) is 0 Å². The number of hydrogen-bond donors (Lipinski definition) is 3. The summed E-state index contributed by atoms with van der Waals surface area (Å²) in [5.41, 5.74) is -0.383. The minimum atomic E-state index is -1.00. The van der Waals surface area contributed by atoms with E-state index in [4.69, 9.17) is 9.47 Å². The van der Waals surface area contributed by atoms with Crippen LogP contribution in [0.15, 0.2) is 24.3 Å². The van der Waals surface area contributed by atoms with Crippen molar-refractivity contribution in [3.63, 3.8) is 0 Å². The van der Waals surface area contributed by atoms with Crippen molar-refractivity contribution in [1.82, 2.24) is 10.2 Å². The maximum absolute atomic E-state index is 13.8. The topological polar surface area (TPSA) is 117 Å². The molecule has 3 aliphatic heterocycles. The molecule has 5 rings (SSSR count). The molecule has 4 aliphatic rings. The zero-order chi connectivity index (χ0) is 25.3. The lowest BCUT2D eigenvalue weighted by Crippen LogP contribution is -2.57. The standard InChI is InChI=1S/C27H37N3O6/c1-2-35-19-11-9-18(10-12-19)28-24(32)21-20-13-14-27(36-20)22(21)26(34)30(15-6-16-31)23(27)25(33)29-17-7-4-3-5-8-17/h9-12,17,20-23,31H,2-8,13-16H2,1H3,(H,28,32)(H,29,33)/t20-,21+,22+,23?,27?/m1/s1. The highest BCUT2D eigenvalue weighted by Gasteiger charge is 2.74. The van der Waals surface area contributed by atoms with Gasteiger partial charge in [-0.3, -0.25) is 14.4 Å². The highest BCUT2D eigenvalue weighted by Crippen LogP contribution is 2.58. The molecule has 9 nitrogen and oxygen atoms in total. The van der Waals surface area contributed by atoms with Gasteiger partial charge in [0.15, 0.2) is 0 Å². The molecule has 196 valence electrons. The molecule has 3 heterocycles. The van der Waals surface area contributed by atoms with E-state index < -0.39 is 29.6 Å². The van der Waals surface area contributed by atoms with Gasteiger partial charge in [-0.25, -0.2) is 0 Å². The van der Waals surface area contributed by atoms with Crippen LogP contribution in [0.5, 0.6) is 5.75 Å². The Morgan fingerprint density at radius 2 is 1.89 bits per heavy atom. The summed E-state index contributed by atoms with van der Waals surface area (Å²) in [5.74, 6) is -1.33. The van der Waals surface area contributed by atoms with Gasteiger partial charge in [0.1, 0.15) is 17.4 Å². The number of aliphatic hydroxyl groups excluding tert-OH is 1. The lowest BCUT2D eigenvalue weighted by molar-refractivity contribution is -0.142. The first kappa shape index (κ1) is 25.0. The van der Waals surface area contributed by atoms with E-state index in [9.17, 15) is 19.5 Å². The average molecular weight is 500 g/mol. The normalized spacial score (nSPS) is 31.4. The summed E-state index contributed by atoms with van der Waals surface area (Å²) in [6.45, 7) is 2.65. The number of carbonyl (C=O) groups is 3. The molecule has 2 unspecified atom stereocenters. The summed E-state index contributed by atoms with van der Waals surface area (Å²) in [6.07, 6.45) is 6.41. The Morgan fingerprint density at radius 3 is 2.58 bits per heavy atom. The van der Waals surface area contributed by atoms with Crippen molar-refractivity contribution >= 4 is 23.4 Å². The lowest BCUT2D eigenvalue weighted by atomic mass is 9.70. The van der Waals surface area contributed by atoms with Gasteiger partial charge in [-0.15, -0.1) is 0 Å². The minimum absolute atomic E-state index is 0.0798. The SMILES string of the molecule is CCOc1ccc(NC(=O)[C@@H]2[C@H]3C(=O)N(CCCO)C(C(=O)NC4CCCCC4)C34CC[C@H]2O4)cc1. The van der Waals surface area contributed by atoms with E-state index >= 15 is 0 Å². The van der Waals surface area contributed by atoms with Gasteiger partial charge in [0.05, 0.1) is 24.5 Å². The average Bonchev–Trinajstić information content (AvgIpc) is 3.52. The summed E-state index contributed by atoms with van der Waals surface area (Å²) in [7, 11) is 0. The highest BCUT2D eigenvalue weighted by atomic mass is 16.5. The van der Waals surface area contributed by atoms with Crippen LogP contribution < -0.4 is 15.4 Å². The Kier molecular flexibility index (Phi) is 7.21. The second-order valence-electron chi connectivity index (χ2n) is 10.5. The number of anilines is 1. The predicted molar refractivity (Wildman–Crippen MR) is 132 cm³/mol. The maximum Gasteiger partial charge on any atom is 0.246 e. The van der Waals surface area contributed by atoms with E-state index in [0.717, 1.165) is 31.4 Å². The monoisotopic (exact) mass is 499 g/mol. The Hall–Kier alpha value is -2.65. The van der Waals surface area contributed by atoms with Crippen molar-refractivity contribution in [1.29, 1.82) is 0 Å². The van der Waals surface area contributed by atoms with E-state index in [-0.39, 0.29) is 36.9 Å². The molecule has 0 radical (unpaired) electrons. The number of hydrogen-bond acceptors (Lipinski definition) is 6. The number of likely N-dealkylation sites (tertiary alicyclic amines) is 1. The summed E-state index contributed by atoms with van der Waals surface area (Å²) in [6, 6.07) is 6.46. The van der Waals surface area contributed by atoms with E-state index in [1.165, 1.54) is 6.42 Å². The number of amides is 3. The predicted octanol–water partition coefficient (Wildman–Crippen LogP) is 2.23. The third-order valence-electron chi connectivity index (χ3n) is 8.29. The smallest absolute Gasteiger partial charge is 0.246 e. The van der Waals surface area contributed by atoms with Crippen LogP contribution in [0.1, 0.15) is 58.3 Å². The third-order valence-corrected chi connectivity index (χ3v) is 8.29. The van der Waals surface area contributed by atoms with Gasteiger partial charge in [-0.05, 0) is 63.3 Å². The minimum Gasteiger partial charge on any atom is -0.494 e. The highest BCUT2D eigenvalue weighted by molar-refractivity contribution is 6.02. The lowest BCUT2D eigenvalue weighted by Gasteiger charge is -2.35. The first-order valence-electron chi connectivity index (χ1n) is 13.4. The van der Waals surface area contributed by atoms with Gasteiger partial charge in [0.2, 0.25) is 17.7 Å². The second kappa shape index (κ2) is 10.4. The van der Waals surface area contributed by atoms with E-state index in [1.54, 1.807) is 29.2 Å². The molecule has 3 saturated heterocycles. The van der Waals surface area contributed by atoms with Crippen molar-refractivity contribution in [3.05, 3.63) is 24.3 Å². The summed E-state index contributed by atoms with van der Waals surface area (Å²) in [5, 5.41) is 15.6. The molecule has 3 N–H and O–H groups in total.